The highest BCUT2D eigenvalue weighted by Crippen LogP contribution is 2.24. The summed E-state index contributed by atoms with van der Waals surface area (Å²) in [6.07, 6.45) is 0.940. The van der Waals surface area contributed by atoms with Crippen molar-refractivity contribution in [1.29, 1.82) is 0 Å². The first-order valence-electron chi connectivity index (χ1n) is 10.3. The Morgan fingerprint density at radius 2 is 1.71 bits per heavy atom. The number of hydrogen-bond donors (Lipinski definition) is 1. The van der Waals surface area contributed by atoms with Gasteiger partial charge >= 0.3 is 5.97 Å². The van der Waals surface area contributed by atoms with Crippen molar-refractivity contribution < 1.29 is 19.1 Å². The molecule has 1 atom stereocenters. The van der Waals surface area contributed by atoms with Gasteiger partial charge in [0, 0.05) is 5.39 Å². The molecule has 0 spiro atoms. The number of ether oxygens (including phenoxy) is 1. The largest absolute Gasteiger partial charge is 0.452 e. The number of nitrogens with one attached hydrogen (secondary N) is 1. The van der Waals surface area contributed by atoms with Crippen LogP contribution in [0, 0.1) is 6.92 Å². The molecule has 0 aliphatic rings. The van der Waals surface area contributed by atoms with E-state index >= 15 is 0 Å². The number of aromatic nitrogens is 1. The number of esters is 1. The fourth-order valence-electron chi connectivity index (χ4n) is 3.55. The highest BCUT2D eigenvalue weighted by Gasteiger charge is 2.22. The Morgan fingerprint density at radius 3 is 2.39 bits per heavy atom. The Bertz CT molecular complexity index is 1110. The highest BCUT2D eigenvalue weighted by atomic mass is 16.5. The zero-order valence-electron chi connectivity index (χ0n) is 18.0. The number of nitrogens with zero attached hydrogens (tertiary/aromatic N) is 1. The minimum Gasteiger partial charge on any atom is -0.452 e. The molecular weight excluding hydrogens is 392 g/mol. The van der Waals surface area contributed by atoms with Gasteiger partial charge < -0.3 is 10.1 Å². The molecule has 3 rings (SSSR count). The molecule has 0 saturated carbocycles. The summed E-state index contributed by atoms with van der Waals surface area (Å²) >= 11 is 0. The number of ketones is 1. The number of fused-ring (bicyclic) bond motifs is 1. The van der Waals surface area contributed by atoms with Crippen molar-refractivity contribution in [2.45, 2.75) is 39.7 Å². The molecule has 0 aliphatic carbocycles. The Hall–Kier alpha value is -3.54. The van der Waals surface area contributed by atoms with Gasteiger partial charge in [-0.05, 0) is 43.9 Å². The lowest BCUT2D eigenvalue weighted by Gasteiger charge is -2.17. The van der Waals surface area contributed by atoms with E-state index in [1.807, 2.05) is 68.4 Å². The minimum absolute atomic E-state index is 0.161. The number of carbonyl (C=O) groups excluding carboxylic acids is 3. The number of aryl methyl sites for hydroxylation is 2. The van der Waals surface area contributed by atoms with Crippen LogP contribution in [0.2, 0.25) is 0 Å². The van der Waals surface area contributed by atoms with Crippen molar-refractivity contribution in [2.75, 3.05) is 6.61 Å². The topological polar surface area (TPSA) is 85.4 Å². The van der Waals surface area contributed by atoms with Crippen LogP contribution >= 0.6 is 0 Å². The normalized spacial score (nSPS) is 11.7. The fraction of sp³-hybridized carbons (Fsp3) is 0.280. The van der Waals surface area contributed by atoms with Gasteiger partial charge in [0.1, 0.15) is 0 Å². The Balaban J connectivity index is 1.69. The summed E-state index contributed by atoms with van der Waals surface area (Å²) in [4.78, 5) is 41.7. The maximum Gasteiger partial charge on any atom is 0.340 e. The van der Waals surface area contributed by atoms with Crippen molar-refractivity contribution in [3.8, 4) is 0 Å². The van der Waals surface area contributed by atoms with E-state index in [1.165, 1.54) is 6.92 Å². The van der Waals surface area contributed by atoms with Crippen molar-refractivity contribution in [3.63, 3.8) is 0 Å². The van der Waals surface area contributed by atoms with Crippen molar-refractivity contribution in [2.24, 2.45) is 0 Å². The van der Waals surface area contributed by atoms with E-state index in [0.717, 1.165) is 22.0 Å². The van der Waals surface area contributed by atoms with E-state index < -0.39 is 24.5 Å². The van der Waals surface area contributed by atoms with Gasteiger partial charge in [-0.15, -0.1) is 0 Å². The van der Waals surface area contributed by atoms with Crippen LogP contribution in [0.25, 0.3) is 10.9 Å². The van der Waals surface area contributed by atoms with Gasteiger partial charge in [0.2, 0.25) is 0 Å². The van der Waals surface area contributed by atoms with Gasteiger partial charge in [-0.3, -0.25) is 14.6 Å². The van der Waals surface area contributed by atoms with E-state index in [0.29, 0.717) is 24.1 Å². The van der Waals surface area contributed by atoms with Crippen LogP contribution in [0.4, 0.5) is 0 Å². The second kappa shape index (κ2) is 9.98. The summed E-state index contributed by atoms with van der Waals surface area (Å²) < 4.78 is 5.29. The monoisotopic (exact) mass is 418 g/mol. The van der Waals surface area contributed by atoms with E-state index in [2.05, 4.69) is 10.3 Å². The van der Waals surface area contributed by atoms with E-state index in [1.54, 1.807) is 0 Å². The summed E-state index contributed by atoms with van der Waals surface area (Å²) in [5, 5.41) is 3.53. The molecule has 1 aromatic heterocycles. The maximum atomic E-state index is 12.8. The lowest BCUT2D eigenvalue weighted by Crippen LogP contribution is -2.43. The van der Waals surface area contributed by atoms with E-state index in [-0.39, 0.29) is 5.78 Å². The predicted octanol–water partition coefficient (Wildman–Crippen LogP) is 3.58. The lowest BCUT2D eigenvalue weighted by molar-refractivity contribution is -0.128. The average molecular weight is 418 g/mol. The number of amides is 1. The second-order valence-electron chi connectivity index (χ2n) is 7.43. The summed E-state index contributed by atoms with van der Waals surface area (Å²) in [7, 11) is 0. The number of carbonyl (C=O) groups is 3. The number of Topliss-reactive ketones (excluding diaryl/α,β-unsaturated/α-hetero) is 1. The lowest BCUT2D eigenvalue weighted by atomic mass is 10.0. The summed E-state index contributed by atoms with van der Waals surface area (Å²) in [6, 6.07) is 16.3. The highest BCUT2D eigenvalue weighted by molar-refractivity contribution is 5.99. The molecule has 0 aliphatic heterocycles. The van der Waals surface area contributed by atoms with Gasteiger partial charge in [-0.25, -0.2) is 4.79 Å². The first-order valence-corrected chi connectivity index (χ1v) is 10.3. The maximum absolute atomic E-state index is 12.8. The molecular formula is C25H26N2O4. The molecule has 1 heterocycles. The van der Waals surface area contributed by atoms with Crippen LogP contribution in [-0.4, -0.2) is 35.3 Å². The molecule has 6 heteroatoms. The smallest absolute Gasteiger partial charge is 0.340 e. The number of para-hydroxylation sites is 1. The average Bonchev–Trinajstić information content (AvgIpc) is 2.77. The van der Waals surface area contributed by atoms with Crippen LogP contribution in [-0.2, 0) is 27.2 Å². The molecule has 0 saturated heterocycles. The molecule has 6 nitrogen and oxygen atoms in total. The number of hydrogen-bond acceptors (Lipinski definition) is 5. The quantitative estimate of drug-likeness (QED) is 0.565. The molecule has 0 bridgehead atoms. The minimum atomic E-state index is -0.677. The first kappa shape index (κ1) is 22.2. The SMILES string of the molecule is CCc1nc2ccccc2c(C)c1C(=O)OCC(=O)N[C@@H](Cc1ccccc1)C(C)=O. The number of rotatable bonds is 8. The van der Waals surface area contributed by atoms with Crippen LogP contribution in [0.1, 0.15) is 41.0 Å². The van der Waals surface area contributed by atoms with Gasteiger partial charge in [-0.2, -0.15) is 0 Å². The van der Waals surface area contributed by atoms with E-state index in [9.17, 15) is 14.4 Å². The van der Waals surface area contributed by atoms with Gasteiger partial charge in [-0.1, -0.05) is 55.5 Å². The molecule has 1 amide bonds. The Kier molecular flexibility index (Phi) is 7.13. The van der Waals surface area contributed by atoms with Crippen LogP contribution in [0.3, 0.4) is 0 Å². The standard InChI is InChI=1S/C25H26N2O4/c1-4-20-24(16(2)19-12-8-9-13-21(19)26-20)25(30)31-15-23(29)27-22(17(3)28)14-18-10-6-5-7-11-18/h5-13,22H,4,14-15H2,1-3H3,(H,27,29)/t22-/m0/s1. The van der Waals surface area contributed by atoms with Crippen LogP contribution in [0.15, 0.2) is 54.6 Å². The summed E-state index contributed by atoms with van der Waals surface area (Å²) in [5.41, 5.74) is 3.55. The second-order valence-corrected chi connectivity index (χ2v) is 7.43. The Morgan fingerprint density at radius 1 is 1.03 bits per heavy atom. The number of pyridine rings is 1. The predicted molar refractivity (Wildman–Crippen MR) is 119 cm³/mol. The third-order valence-corrected chi connectivity index (χ3v) is 5.21. The van der Waals surface area contributed by atoms with Crippen molar-refractivity contribution in [3.05, 3.63) is 77.0 Å². The molecule has 2 aromatic carbocycles. The fourth-order valence-corrected chi connectivity index (χ4v) is 3.55. The van der Waals surface area contributed by atoms with Crippen LogP contribution in [0.5, 0.6) is 0 Å². The Labute approximate surface area is 181 Å². The van der Waals surface area contributed by atoms with Gasteiger partial charge in [0.15, 0.2) is 12.4 Å². The van der Waals surface area contributed by atoms with Gasteiger partial charge in [0.05, 0.1) is 22.8 Å². The third-order valence-electron chi connectivity index (χ3n) is 5.21. The third kappa shape index (κ3) is 5.34. The zero-order valence-corrected chi connectivity index (χ0v) is 18.0. The first-order chi connectivity index (χ1) is 14.9. The van der Waals surface area contributed by atoms with Crippen molar-refractivity contribution in [1.82, 2.24) is 10.3 Å². The molecule has 160 valence electrons. The molecule has 0 unspecified atom stereocenters. The zero-order chi connectivity index (χ0) is 22.4. The molecule has 1 N–H and O–H groups in total. The van der Waals surface area contributed by atoms with Gasteiger partial charge in [0.25, 0.3) is 5.91 Å². The molecule has 0 radical (unpaired) electrons. The van der Waals surface area contributed by atoms with Crippen LogP contribution < -0.4 is 5.32 Å². The molecule has 3 aromatic rings. The van der Waals surface area contributed by atoms with Crippen molar-refractivity contribution >= 4 is 28.6 Å². The number of benzene rings is 2. The summed E-state index contributed by atoms with van der Waals surface area (Å²) in [5.74, 6) is -1.27. The van der Waals surface area contributed by atoms with E-state index in [4.69, 9.17) is 4.74 Å². The molecule has 31 heavy (non-hydrogen) atoms. The summed E-state index contributed by atoms with van der Waals surface area (Å²) in [6.45, 7) is 4.73. The molecule has 0 fully saturated rings.